The van der Waals surface area contributed by atoms with E-state index < -0.39 is 11.6 Å². The highest BCUT2D eigenvalue weighted by molar-refractivity contribution is 5.77. The Morgan fingerprint density at radius 3 is 2.21 bits per heavy atom. The van der Waals surface area contributed by atoms with Crippen LogP contribution in [0.4, 0.5) is 0 Å². The van der Waals surface area contributed by atoms with Crippen molar-refractivity contribution in [2.24, 2.45) is 0 Å². The third kappa shape index (κ3) is 2.27. The molecule has 82 valence electrons. The maximum absolute atomic E-state index is 11.1. The van der Waals surface area contributed by atoms with Gasteiger partial charge >= 0.3 is 5.97 Å². The number of carboxylic acid groups (broad SMARTS) is 1. The molecule has 0 bridgehead atoms. The molecule has 3 heteroatoms. The highest BCUT2D eigenvalue weighted by atomic mass is 16.5. The van der Waals surface area contributed by atoms with Crippen LogP contribution in [0.15, 0.2) is 0 Å². The van der Waals surface area contributed by atoms with Gasteiger partial charge in [-0.1, -0.05) is 26.7 Å². The van der Waals surface area contributed by atoms with Gasteiger partial charge in [0.25, 0.3) is 0 Å². The fourth-order valence-electron chi connectivity index (χ4n) is 2.09. The van der Waals surface area contributed by atoms with Gasteiger partial charge in [0.1, 0.15) is 0 Å². The highest BCUT2D eigenvalue weighted by Gasteiger charge is 2.38. The van der Waals surface area contributed by atoms with Crippen molar-refractivity contribution in [2.75, 3.05) is 0 Å². The predicted octanol–water partition coefficient (Wildman–Crippen LogP) is 2.59. The van der Waals surface area contributed by atoms with Crippen LogP contribution in [0.2, 0.25) is 0 Å². The summed E-state index contributed by atoms with van der Waals surface area (Å²) in [7, 11) is 0. The van der Waals surface area contributed by atoms with E-state index in [1.54, 1.807) is 0 Å². The third-order valence-electron chi connectivity index (χ3n) is 3.23. The fourth-order valence-corrected chi connectivity index (χ4v) is 2.09. The van der Waals surface area contributed by atoms with Crippen molar-refractivity contribution in [2.45, 2.75) is 64.1 Å². The summed E-state index contributed by atoms with van der Waals surface area (Å²) < 4.78 is 5.76. The monoisotopic (exact) mass is 200 g/mol. The molecule has 1 fully saturated rings. The van der Waals surface area contributed by atoms with Crippen molar-refractivity contribution in [3.63, 3.8) is 0 Å². The van der Waals surface area contributed by atoms with Gasteiger partial charge < -0.3 is 9.84 Å². The molecule has 0 aromatic carbocycles. The largest absolute Gasteiger partial charge is 0.479 e. The Labute approximate surface area is 85.5 Å². The molecular weight excluding hydrogens is 180 g/mol. The van der Waals surface area contributed by atoms with Gasteiger partial charge in [-0.3, -0.25) is 0 Å². The van der Waals surface area contributed by atoms with Crippen LogP contribution in [-0.2, 0) is 9.53 Å². The molecule has 14 heavy (non-hydrogen) atoms. The van der Waals surface area contributed by atoms with E-state index in [9.17, 15) is 4.79 Å². The van der Waals surface area contributed by atoms with Crippen molar-refractivity contribution in [1.82, 2.24) is 0 Å². The minimum Gasteiger partial charge on any atom is -0.479 e. The summed E-state index contributed by atoms with van der Waals surface area (Å²) in [5.41, 5.74) is -0.936. The van der Waals surface area contributed by atoms with Crippen LogP contribution in [0.25, 0.3) is 0 Å². The maximum Gasteiger partial charge on any atom is 0.335 e. The molecule has 0 aliphatic heterocycles. The van der Waals surface area contributed by atoms with E-state index >= 15 is 0 Å². The summed E-state index contributed by atoms with van der Waals surface area (Å²) in [6, 6.07) is 0. The number of carbonyl (C=O) groups is 1. The number of rotatable bonds is 5. The first-order valence-electron chi connectivity index (χ1n) is 5.56. The average molecular weight is 200 g/mol. The number of hydrogen-bond acceptors (Lipinski definition) is 2. The second-order valence-corrected chi connectivity index (χ2v) is 4.03. The molecule has 3 nitrogen and oxygen atoms in total. The molecule has 1 aliphatic rings. The summed E-state index contributed by atoms with van der Waals surface area (Å²) in [6.45, 7) is 3.76. The van der Waals surface area contributed by atoms with Crippen LogP contribution in [0.3, 0.4) is 0 Å². The second kappa shape index (κ2) is 4.78. The van der Waals surface area contributed by atoms with Gasteiger partial charge in [0, 0.05) is 0 Å². The first-order valence-corrected chi connectivity index (χ1v) is 5.56. The van der Waals surface area contributed by atoms with Gasteiger partial charge in [-0.15, -0.1) is 0 Å². The van der Waals surface area contributed by atoms with Crippen molar-refractivity contribution in [3.8, 4) is 0 Å². The fraction of sp³-hybridized carbons (Fsp3) is 0.909. The minimum absolute atomic E-state index is 0.172. The van der Waals surface area contributed by atoms with Crippen LogP contribution >= 0.6 is 0 Å². The smallest absolute Gasteiger partial charge is 0.335 e. The predicted molar refractivity (Wildman–Crippen MR) is 54.3 cm³/mol. The van der Waals surface area contributed by atoms with E-state index in [4.69, 9.17) is 9.84 Å². The third-order valence-corrected chi connectivity index (χ3v) is 3.23. The molecule has 0 spiro atoms. The lowest BCUT2D eigenvalue weighted by atomic mass is 9.97. The Kier molecular flexibility index (Phi) is 3.93. The number of carboxylic acids is 1. The maximum atomic E-state index is 11.1. The van der Waals surface area contributed by atoms with Crippen LogP contribution in [0.5, 0.6) is 0 Å². The zero-order valence-electron chi connectivity index (χ0n) is 9.08. The summed E-state index contributed by atoms with van der Waals surface area (Å²) in [5.74, 6) is -0.811. The Morgan fingerprint density at radius 2 is 1.86 bits per heavy atom. The van der Waals surface area contributed by atoms with Gasteiger partial charge in [-0.05, 0) is 25.7 Å². The van der Waals surface area contributed by atoms with E-state index in [-0.39, 0.29) is 6.10 Å². The van der Waals surface area contributed by atoms with E-state index in [0.29, 0.717) is 12.8 Å². The normalized spacial score (nSPS) is 18.7. The number of ether oxygens (including phenoxy) is 1. The zero-order valence-corrected chi connectivity index (χ0v) is 9.08. The van der Waals surface area contributed by atoms with Crippen LogP contribution in [0, 0.1) is 0 Å². The van der Waals surface area contributed by atoms with Crippen molar-refractivity contribution >= 4 is 5.97 Å². The van der Waals surface area contributed by atoms with E-state index in [2.05, 4.69) is 0 Å². The van der Waals surface area contributed by atoms with Crippen LogP contribution < -0.4 is 0 Å². The molecule has 0 radical (unpaired) electrons. The molecule has 1 aliphatic carbocycles. The zero-order chi connectivity index (χ0) is 10.6. The first kappa shape index (κ1) is 11.5. The molecular formula is C11H20O3. The molecule has 0 heterocycles. The quantitative estimate of drug-likeness (QED) is 0.742. The Morgan fingerprint density at radius 1 is 1.36 bits per heavy atom. The molecule has 1 N–H and O–H groups in total. The Balaban J connectivity index is 2.61. The molecule has 0 atom stereocenters. The van der Waals surface area contributed by atoms with E-state index in [0.717, 1.165) is 12.8 Å². The Bertz CT molecular complexity index is 191. The van der Waals surface area contributed by atoms with Gasteiger partial charge in [0.15, 0.2) is 5.60 Å². The molecule has 0 amide bonds. The molecule has 0 saturated heterocycles. The number of hydrogen-bond donors (Lipinski definition) is 1. The molecule has 0 aromatic rings. The average Bonchev–Trinajstić information content (AvgIpc) is 2.66. The lowest BCUT2D eigenvalue weighted by molar-refractivity contribution is -0.175. The SMILES string of the molecule is CCC(CC)(OC1CCCC1)C(=O)O. The van der Waals surface area contributed by atoms with E-state index in [1.807, 2.05) is 13.8 Å². The van der Waals surface area contributed by atoms with Crippen LogP contribution in [-0.4, -0.2) is 22.8 Å². The molecule has 1 rings (SSSR count). The van der Waals surface area contributed by atoms with Gasteiger partial charge in [0.05, 0.1) is 6.10 Å². The molecule has 0 unspecified atom stereocenters. The van der Waals surface area contributed by atoms with Crippen molar-refractivity contribution in [1.29, 1.82) is 0 Å². The summed E-state index contributed by atoms with van der Waals surface area (Å²) in [4.78, 5) is 11.1. The standard InChI is InChI=1S/C11H20O3/c1-3-11(4-2,10(12)13)14-9-7-5-6-8-9/h9H,3-8H2,1-2H3,(H,12,13). The summed E-state index contributed by atoms with van der Waals surface area (Å²) >= 11 is 0. The number of aliphatic carboxylic acids is 1. The highest BCUT2D eigenvalue weighted by Crippen LogP contribution is 2.30. The molecule has 0 aromatic heterocycles. The van der Waals surface area contributed by atoms with Crippen molar-refractivity contribution in [3.05, 3.63) is 0 Å². The van der Waals surface area contributed by atoms with Crippen molar-refractivity contribution < 1.29 is 14.6 Å². The minimum atomic E-state index is -0.936. The van der Waals surface area contributed by atoms with Gasteiger partial charge in [0.2, 0.25) is 0 Å². The van der Waals surface area contributed by atoms with Gasteiger partial charge in [-0.2, -0.15) is 0 Å². The second-order valence-electron chi connectivity index (χ2n) is 4.03. The van der Waals surface area contributed by atoms with Crippen LogP contribution in [0.1, 0.15) is 52.4 Å². The Hall–Kier alpha value is -0.570. The topological polar surface area (TPSA) is 46.5 Å². The summed E-state index contributed by atoms with van der Waals surface area (Å²) in [5, 5.41) is 9.16. The summed E-state index contributed by atoms with van der Waals surface area (Å²) in [6.07, 6.45) is 5.67. The lowest BCUT2D eigenvalue weighted by Crippen LogP contribution is -2.42. The lowest BCUT2D eigenvalue weighted by Gasteiger charge is -2.30. The van der Waals surface area contributed by atoms with Gasteiger partial charge in [-0.25, -0.2) is 4.79 Å². The molecule has 1 saturated carbocycles. The van der Waals surface area contributed by atoms with E-state index in [1.165, 1.54) is 12.8 Å². The first-order chi connectivity index (χ1) is 6.64.